The summed E-state index contributed by atoms with van der Waals surface area (Å²) >= 11 is 0. The maximum Gasteiger partial charge on any atom is 0.320 e. The normalized spacial score (nSPS) is 26.5. The molecule has 1 aliphatic heterocycles. The van der Waals surface area contributed by atoms with Crippen LogP contribution in [0.15, 0.2) is 0 Å². The Morgan fingerprint density at radius 3 is 2.73 bits per heavy atom. The van der Waals surface area contributed by atoms with Gasteiger partial charge in [0.2, 0.25) is 0 Å². The van der Waals surface area contributed by atoms with Crippen molar-refractivity contribution >= 4 is 5.97 Å². The second-order valence-corrected chi connectivity index (χ2v) is 4.28. The molecule has 0 radical (unpaired) electrons. The third-order valence-corrected chi connectivity index (χ3v) is 3.01. The van der Waals surface area contributed by atoms with Crippen LogP contribution < -0.4 is 5.73 Å². The number of piperazine rings is 1. The summed E-state index contributed by atoms with van der Waals surface area (Å²) in [5, 5.41) is 9.13. The Bertz CT molecular complexity index is 223. The molecule has 1 heterocycles. The van der Waals surface area contributed by atoms with Crippen LogP contribution in [0.2, 0.25) is 0 Å². The van der Waals surface area contributed by atoms with E-state index in [9.17, 15) is 4.79 Å². The van der Waals surface area contributed by atoms with Crippen molar-refractivity contribution in [3.63, 3.8) is 0 Å². The van der Waals surface area contributed by atoms with Gasteiger partial charge in [-0.2, -0.15) is 0 Å². The lowest BCUT2D eigenvalue weighted by atomic mass is 10.1. The second-order valence-electron chi connectivity index (χ2n) is 4.28. The molecule has 1 fully saturated rings. The molecule has 0 saturated carbocycles. The van der Waals surface area contributed by atoms with E-state index in [-0.39, 0.29) is 6.04 Å². The maximum atomic E-state index is 11.1. The number of aliphatic carboxylic acids is 1. The summed E-state index contributed by atoms with van der Waals surface area (Å²) < 4.78 is 0. The third kappa shape index (κ3) is 3.15. The molecule has 1 rings (SSSR count). The van der Waals surface area contributed by atoms with E-state index in [0.29, 0.717) is 13.0 Å². The first-order chi connectivity index (χ1) is 7.06. The van der Waals surface area contributed by atoms with E-state index >= 15 is 0 Å². The highest BCUT2D eigenvalue weighted by Crippen LogP contribution is 2.14. The smallest absolute Gasteiger partial charge is 0.320 e. The van der Waals surface area contributed by atoms with E-state index in [1.165, 1.54) is 0 Å². The minimum Gasteiger partial charge on any atom is -0.480 e. The van der Waals surface area contributed by atoms with Gasteiger partial charge in [-0.3, -0.25) is 9.69 Å². The largest absolute Gasteiger partial charge is 0.480 e. The molecule has 5 nitrogen and oxygen atoms in total. The van der Waals surface area contributed by atoms with Gasteiger partial charge in [0.05, 0.1) is 0 Å². The number of carboxylic acid groups (broad SMARTS) is 1. The molecular weight excluding hydrogens is 194 g/mol. The average Bonchev–Trinajstić information content (AvgIpc) is 2.15. The van der Waals surface area contributed by atoms with Crippen LogP contribution >= 0.6 is 0 Å². The van der Waals surface area contributed by atoms with Crippen molar-refractivity contribution in [3.8, 4) is 0 Å². The van der Waals surface area contributed by atoms with Gasteiger partial charge in [0, 0.05) is 25.7 Å². The molecule has 88 valence electrons. The molecule has 5 heteroatoms. The number of rotatable bonds is 4. The van der Waals surface area contributed by atoms with E-state index in [2.05, 4.69) is 23.8 Å². The summed E-state index contributed by atoms with van der Waals surface area (Å²) in [6.07, 6.45) is 0.531. The maximum absolute atomic E-state index is 11.1. The number of hydrogen-bond acceptors (Lipinski definition) is 4. The number of carbonyl (C=O) groups is 1. The van der Waals surface area contributed by atoms with Crippen molar-refractivity contribution in [1.29, 1.82) is 0 Å². The molecule has 0 bridgehead atoms. The van der Waals surface area contributed by atoms with E-state index < -0.39 is 12.0 Å². The third-order valence-electron chi connectivity index (χ3n) is 3.01. The van der Waals surface area contributed by atoms with Crippen LogP contribution in [-0.4, -0.2) is 66.2 Å². The van der Waals surface area contributed by atoms with Crippen LogP contribution in [0.1, 0.15) is 13.3 Å². The predicted molar refractivity (Wildman–Crippen MR) is 58.8 cm³/mol. The van der Waals surface area contributed by atoms with Crippen molar-refractivity contribution in [2.24, 2.45) is 5.73 Å². The molecule has 2 atom stereocenters. The van der Waals surface area contributed by atoms with Crippen molar-refractivity contribution in [2.75, 3.05) is 33.2 Å². The quantitative estimate of drug-likeness (QED) is 0.657. The molecule has 0 aliphatic carbocycles. The first-order valence-corrected chi connectivity index (χ1v) is 5.43. The molecule has 3 N–H and O–H groups in total. The van der Waals surface area contributed by atoms with E-state index in [0.717, 1.165) is 19.6 Å². The van der Waals surface area contributed by atoms with Gasteiger partial charge in [-0.25, -0.2) is 0 Å². The lowest BCUT2D eigenvalue weighted by Crippen LogP contribution is -2.56. The Morgan fingerprint density at radius 1 is 1.60 bits per heavy atom. The fraction of sp³-hybridized carbons (Fsp3) is 0.900. The van der Waals surface area contributed by atoms with Gasteiger partial charge in [-0.15, -0.1) is 0 Å². The summed E-state index contributed by atoms with van der Waals surface area (Å²) in [6, 6.07) is -0.130. The summed E-state index contributed by atoms with van der Waals surface area (Å²) in [6.45, 7) is 5.17. The van der Waals surface area contributed by atoms with Gasteiger partial charge >= 0.3 is 5.97 Å². The summed E-state index contributed by atoms with van der Waals surface area (Å²) in [4.78, 5) is 15.4. The van der Waals surface area contributed by atoms with Gasteiger partial charge in [0.25, 0.3) is 0 Å². The second kappa shape index (κ2) is 5.44. The van der Waals surface area contributed by atoms with Gasteiger partial charge < -0.3 is 15.7 Å². The Hall–Kier alpha value is -0.650. The van der Waals surface area contributed by atoms with Crippen LogP contribution in [0.3, 0.4) is 0 Å². The van der Waals surface area contributed by atoms with Crippen molar-refractivity contribution in [3.05, 3.63) is 0 Å². The average molecular weight is 215 g/mol. The first-order valence-electron chi connectivity index (χ1n) is 5.43. The van der Waals surface area contributed by atoms with Crippen LogP contribution in [0, 0.1) is 0 Å². The van der Waals surface area contributed by atoms with Crippen LogP contribution in [0.4, 0.5) is 0 Å². The zero-order valence-electron chi connectivity index (χ0n) is 9.52. The Morgan fingerprint density at radius 2 is 2.27 bits per heavy atom. The van der Waals surface area contributed by atoms with Crippen molar-refractivity contribution in [1.82, 2.24) is 9.80 Å². The Balaban J connectivity index is 2.62. The molecule has 0 aromatic rings. The molecule has 15 heavy (non-hydrogen) atoms. The lowest BCUT2D eigenvalue weighted by Gasteiger charge is -2.41. The molecular formula is C10H21N3O2. The van der Waals surface area contributed by atoms with E-state index in [1.807, 2.05) is 0 Å². The minimum absolute atomic E-state index is 0.288. The highest BCUT2D eigenvalue weighted by Gasteiger charge is 2.31. The fourth-order valence-corrected chi connectivity index (χ4v) is 2.21. The molecule has 0 amide bonds. The van der Waals surface area contributed by atoms with Gasteiger partial charge in [-0.1, -0.05) is 0 Å². The van der Waals surface area contributed by atoms with Gasteiger partial charge in [-0.05, 0) is 26.9 Å². The zero-order chi connectivity index (χ0) is 11.4. The fourth-order valence-electron chi connectivity index (χ4n) is 2.21. The zero-order valence-corrected chi connectivity index (χ0v) is 9.52. The summed E-state index contributed by atoms with van der Waals surface area (Å²) in [5.41, 5.74) is 5.45. The monoisotopic (exact) mass is 215 g/mol. The number of nitrogens with two attached hydrogens (primary N) is 1. The van der Waals surface area contributed by atoms with Crippen LogP contribution in [0.25, 0.3) is 0 Å². The van der Waals surface area contributed by atoms with Crippen molar-refractivity contribution < 1.29 is 9.90 Å². The molecule has 0 aromatic carbocycles. The molecule has 0 spiro atoms. The number of likely N-dealkylation sites (N-methyl/N-ethyl adjacent to an activating group) is 1. The predicted octanol–water partition coefficient (Wildman–Crippen LogP) is -0.576. The SMILES string of the molecule is CC1CN(C)CCN1C(CCN)C(=O)O. The minimum atomic E-state index is -0.753. The topological polar surface area (TPSA) is 69.8 Å². The number of carboxylic acids is 1. The first kappa shape index (κ1) is 12.4. The molecule has 1 saturated heterocycles. The number of nitrogens with zero attached hydrogens (tertiary/aromatic N) is 2. The Kier molecular flexibility index (Phi) is 4.50. The standard InChI is InChI=1S/C10H21N3O2/c1-8-7-12(2)5-6-13(8)9(3-4-11)10(14)15/h8-9H,3-7,11H2,1-2H3,(H,14,15). The highest BCUT2D eigenvalue weighted by molar-refractivity contribution is 5.73. The van der Waals surface area contributed by atoms with E-state index in [1.54, 1.807) is 0 Å². The van der Waals surface area contributed by atoms with Gasteiger partial charge in [0.1, 0.15) is 6.04 Å². The molecule has 1 aliphatic rings. The van der Waals surface area contributed by atoms with Gasteiger partial charge in [0.15, 0.2) is 0 Å². The van der Waals surface area contributed by atoms with Crippen molar-refractivity contribution in [2.45, 2.75) is 25.4 Å². The van der Waals surface area contributed by atoms with Crippen LogP contribution in [0.5, 0.6) is 0 Å². The highest BCUT2D eigenvalue weighted by atomic mass is 16.4. The molecule has 0 aromatic heterocycles. The van der Waals surface area contributed by atoms with E-state index in [4.69, 9.17) is 10.8 Å². The number of hydrogen-bond donors (Lipinski definition) is 2. The molecule has 2 unspecified atom stereocenters. The Labute approximate surface area is 90.8 Å². The van der Waals surface area contributed by atoms with Crippen LogP contribution in [-0.2, 0) is 4.79 Å². The summed E-state index contributed by atoms with van der Waals surface area (Å²) in [7, 11) is 2.06. The lowest BCUT2D eigenvalue weighted by molar-refractivity contribution is -0.145. The summed E-state index contributed by atoms with van der Waals surface area (Å²) in [5.74, 6) is -0.753.